The summed E-state index contributed by atoms with van der Waals surface area (Å²) in [6.45, 7) is 6.66. The van der Waals surface area contributed by atoms with E-state index in [0.717, 1.165) is 24.4 Å². The zero-order chi connectivity index (χ0) is 17.5. The SMILES string of the molecule is Cc1ccc(-c2cn3c4ccccc4nc3n2CCN2CCCC2)cc1. The van der Waals surface area contributed by atoms with Gasteiger partial charge in [0.05, 0.1) is 16.7 Å². The average molecular weight is 344 g/mol. The lowest BCUT2D eigenvalue weighted by molar-refractivity contribution is 0.324. The monoisotopic (exact) mass is 344 g/mol. The number of rotatable bonds is 4. The van der Waals surface area contributed by atoms with Gasteiger partial charge < -0.3 is 9.47 Å². The number of fused-ring (bicyclic) bond motifs is 3. The Labute approximate surface area is 153 Å². The number of hydrogen-bond acceptors (Lipinski definition) is 2. The van der Waals surface area contributed by atoms with Gasteiger partial charge in [-0.15, -0.1) is 0 Å². The lowest BCUT2D eigenvalue weighted by atomic mass is 10.1. The predicted octanol–water partition coefficient (Wildman–Crippen LogP) is 4.36. The van der Waals surface area contributed by atoms with Crippen LogP contribution in [0.15, 0.2) is 54.7 Å². The van der Waals surface area contributed by atoms with E-state index >= 15 is 0 Å². The number of hydrogen-bond donors (Lipinski definition) is 0. The highest BCUT2D eigenvalue weighted by Gasteiger charge is 2.17. The fraction of sp³-hybridized carbons (Fsp3) is 0.318. The van der Waals surface area contributed by atoms with E-state index < -0.39 is 0 Å². The van der Waals surface area contributed by atoms with Crippen molar-refractivity contribution in [3.05, 3.63) is 60.3 Å². The summed E-state index contributed by atoms with van der Waals surface area (Å²) in [6.07, 6.45) is 4.91. The molecule has 0 unspecified atom stereocenters. The lowest BCUT2D eigenvalue weighted by Gasteiger charge is -2.16. The number of aryl methyl sites for hydroxylation is 1. The van der Waals surface area contributed by atoms with Gasteiger partial charge in [-0.05, 0) is 50.6 Å². The van der Waals surface area contributed by atoms with Crippen molar-refractivity contribution in [2.75, 3.05) is 19.6 Å². The molecule has 2 aromatic carbocycles. The summed E-state index contributed by atoms with van der Waals surface area (Å²) in [7, 11) is 0. The summed E-state index contributed by atoms with van der Waals surface area (Å²) in [6, 6.07) is 17.2. The largest absolute Gasteiger partial charge is 0.308 e. The van der Waals surface area contributed by atoms with E-state index in [0.29, 0.717) is 0 Å². The smallest absolute Gasteiger partial charge is 0.215 e. The number of para-hydroxylation sites is 2. The van der Waals surface area contributed by atoms with Crippen molar-refractivity contribution in [2.24, 2.45) is 0 Å². The highest BCUT2D eigenvalue weighted by molar-refractivity contribution is 5.81. The molecular weight excluding hydrogens is 320 g/mol. The van der Waals surface area contributed by atoms with Gasteiger partial charge in [0.15, 0.2) is 0 Å². The van der Waals surface area contributed by atoms with Crippen LogP contribution >= 0.6 is 0 Å². The molecule has 2 aromatic heterocycles. The van der Waals surface area contributed by atoms with Gasteiger partial charge in [0, 0.05) is 19.3 Å². The van der Waals surface area contributed by atoms with Gasteiger partial charge in [0.1, 0.15) is 0 Å². The van der Waals surface area contributed by atoms with Gasteiger partial charge in [-0.25, -0.2) is 4.98 Å². The first-order chi connectivity index (χ1) is 12.8. The first-order valence-electron chi connectivity index (χ1n) is 9.55. The molecule has 1 fully saturated rings. The van der Waals surface area contributed by atoms with E-state index in [1.165, 1.54) is 48.3 Å². The average Bonchev–Trinajstić information content (AvgIpc) is 3.36. The number of benzene rings is 2. The molecule has 0 bridgehead atoms. The summed E-state index contributed by atoms with van der Waals surface area (Å²) in [5.41, 5.74) is 6.03. The summed E-state index contributed by atoms with van der Waals surface area (Å²) in [4.78, 5) is 7.50. The third kappa shape index (κ3) is 2.61. The molecule has 1 saturated heterocycles. The van der Waals surface area contributed by atoms with Crippen LogP contribution in [-0.2, 0) is 6.54 Å². The quantitative estimate of drug-likeness (QED) is 0.550. The molecule has 0 saturated carbocycles. The van der Waals surface area contributed by atoms with Crippen molar-refractivity contribution in [1.82, 2.24) is 18.9 Å². The van der Waals surface area contributed by atoms with Gasteiger partial charge in [-0.1, -0.05) is 42.0 Å². The van der Waals surface area contributed by atoms with Gasteiger partial charge in [0.2, 0.25) is 5.78 Å². The predicted molar refractivity (Wildman–Crippen MR) is 107 cm³/mol. The first kappa shape index (κ1) is 15.6. The summed E-state index contributed by atoms with van der Waals surface area (Å²) in [5.74, 6) is 1.04. The van der Waals surface area contributed by atoms with Crippen molar-refractivity contribution in [3.8, 4) is 11.3 Å². The van der Waals surface area contributed by atoms with Crippen molar-refractivity contribution in [3.63, 3.8) is 0 Å². The Hall–Kier alpha value is -2.59. The maximum Gasteiger partial charge on any atom is 0.215 e. The van der Waals surface area contributed by atoms with Crippen LogP contribution in [0.4, 0.5) is 0 Å². The fourth-order valence-electron chi connectivity index (χ4n) is 4.07. The molecule has 132 valence electrons. The molecule has 0 spiro atoms. The third-order valence-electron chi connectivity index (χ3n) is 5.55. The van der Waals surface area contributed by atoms with Crippen molar-refractivity contribution >= 4 is 16.8 Å². The maximum absolute atomic E-state index is 4.93. The topological polar surface area (TPSA) is 25.5 Å². The highest BCUT2D eigenvalue weighted by atomic mass is 15.2. The normalized spacial score (nSPS) is 15.4. The minimum atomic E-state index is 0.975. The summed E-state index contributed by atoms with van der Waals surface area (Å²) < 4.78 is 4.64. The van der Waals surface area contributed by atoms with Gasteiger partial charge in [-0.2, -0.15) is 0 Å². The van der Waals surface area contributed by atoms with Crippen LogP contribution in [-0.4, -0.2) is 38.5 Å². The van der Waals surface area contributed by atoms with Crippen LogP contribution in [0, 0.1) is 6.92 Å². The standard InChI is InChI=1S/C22H24N4/c1-17-8-10-18(11-9-17)21-16-26-20-7-3-2-6-19(20)23-22(26)25(21)15-14-24-12-4-5-13-24/h2-3,6-11,16H,4-5,12-15H2,1H3. The molecule has 5 rings (SSSR count). The third-order valence-corrected chi connectivity index (χ3v) is 5.55. The van der Waals surface area contributed by atoms with Crippen molar-refractivity contribution in [1.29, 1.82) is 0 Å². The number of aromatic nitrogens is 3. The molecule has 3 heterocycles. The zero-order valence-corrected chi connectivity index (χ0v) is 15.2. The van der Waals surface area contributed by atoms with Crippen LogP contribution in [0.25, 0.3) is 28.1 Å². The van der Waals surface area contributed by atoms with Crippen LogP contribution in [0.1, 0.15) is 18.4 Å². The molecule has 1 aliphatic heterocycles. The van der Waals surface area contributed by atoms with E-state index in [1.54, 1.807) is 0 Å². The fourth-order valence-corrected chi connectivity index (χ4v) is 4.07. The van der Waals surface area contributed by atoms with E-state index in [1.807, 2.05) is 0 Å². The molecular formula is C22H24N4. The van der Waals surface area contributed by atoms with Gasteiger partial charge in [0.25, 0.3) is 0 Å². The molecule has 0 N–H and O–H groups in total. The summed E-state index contributed by atoms with van der Waals surface area (Å²) >= 11 is 0. The Bertz CT molecular complexity index is 1050. The van der Waals surface area contributed by atoms with E-state index in [-0.39, 0.29) is 0 Å². The molecule has 4 nitrogen and oxygen atoms in total. The van der Waals surface area contributed by atoms with Crippen molar-refractivity contribution < 1.29 is 0 Å². The van der Waals surface area contributed by atoms with E-state index in [4.69, 9.17) is 4.98 Å². The Balaban J connectivity index is 1.63. The number of imidazole rings is 2. The van der Waals surface area contributed by atoms with Crippen LogP contribution in [0.2, 0.25) is 0 Å². The Morgan fingerprint density at radius 3 is 2.50 bits per heavy atom. The number of nitrogens with zero attached hydrogens (tertiary/aromatic N) is 4. The first-order valence-corrected chi connectivity index (χ1v) is 9.55. The van der Waals surface area contributed by atoms with Crippen molar-refractivity contribution in [2.45, 2.75) is 26.3 Å². The minimum Gasteiger partial charge on any atom is -0.308 e. The second-order valence-electron chi connectivity index (χ2n) is 7.35. The lowest BCUT2D eigenvalue weighted by Crippen LogP contribution is -2.24. The zero-order valence-electron chi connectivity index (χ0n) is 15.2. The number of likely N-dealkylation sites (tertiary alicyclic amines) is 1. The maximum atomic E-state index is 4.93. The second-order valence-corrected chi connectivity index (χ2v) is 7.35. The molecule has 0 atom stereocenters. The molecule has 0 radical (unpaired) electrons. The van der Waals surface area contributed by atoms with Gasteiger partial charge >= 0.3 is 0 Å². The Kier molecular flexibility index (Phi) is 3.79. The summed E-state index contributed by atoms with van der Waals surface area (Å²) in [5, 5.41) is 0. The molecule has 4 heteroatoms. The van der Waals surface area contributed by atoms with Gasteiger partial charge in [-0.3, -0.25) is 4.40 Å². The van der Waals surface area contributed by atoms with E-state index in [2.05, 4.69) is 75.5 Å². The molecule has 26 heavy (non-hydrogen) atoms. The molecule has 4 aromatic rings. The van der Waals surface area contributed by atoms with Crippen LogP contribution in [0.3, 0.4) is 0 Å². The minimum absolute atomic E-state index is 0.975. The molecule has 0 aliphatic carbocycles. The second kappa shape index (κ2) is 6.29. The highest BCUT2D eigenvalue weighted by Crippen LogP contribution is 2.27. The molecule has 1 aliphatic rings. The van der Waals surface area contributed by atoms with Crippen LogP contribution in [0.5, 0.6) is 0 Å². The van der Waals surface area contributed by atoms with Crippen LogP contribution < -0.4 is 0 Å². The molecule has 0 amide bonds. The van der Waals surface area contributed by atoms with E-state index in [9.17, 15) is 0 Å². The Morgan fingerprint density at radius 1 is 0.923 bits per heavy atom. The Morgan fingerprint density at radius 2 is 1.69 bits per heavy atom.